The molecule has 1 unspecified atom stereocenters. The number of carbonyl (C=O) groups excluding carboxylic acids is 1. The Kier molecular flexibility index (Phi) is 8.84. The molecule has 23 heavy (non-hydrogen) atoms. The lowest BCUT2D eigenvalue weighted by atomic mass is 9.77. The Bertz CT molecular complexity index is 499. The molecule has 1 atom stereocenters. The highest BCUT2D eigenvalue weighted by Gasteiger charge is 2.32. The summed E-state index contributed by atoms with van der Waals surface area (Å²) < 4.78 is 30.3. The normalized spacial score (nSPS) is 19.6. The first kappa shape index (κ1) is 20.2. The van der Waals surface area contributed by atoms with E-state index in [4.69, 9.17) is 4.55 Å². The Morgan fingerprint density at radius 3 is 2.48 bits per heavy atom. The zero-order valence-electron chi connectivity index (χ0n) is 14.5. The second kappa shape index (κ2) is 10.1. The SMILES string of the molecule is CCCCCCCCC=C1CCC1C(=O)N(C)CCS(=O)(=O)O. The lowest BCUT2D eigenvalue weighted by molar-refractivity contribution is -0.134. The molecule has 1 aliphatic carbocycles. The standard InChI is InChI=1S/C17H31NO4S/c1-3-4-5-6-7-8-9-10-15-11-12-16(15)17(19)18(2)13-14-23(20,21)22/h10,16H,3-9,11-14H2,1-2H3,(H,20,21,22). The minimum atomic E-state index is -4.02. The van der Waals surface area contributed by atoms with E-state index in [1.807, 2.05) is 0 Å². The van der Waals surface area contributed by atoms with E-state index in [9.17, 15) is 13.2 Å². The number of allylic oxidation sites excluding steroid dienone is 1. The second-order valence-corrected chi connectivity index (χ2v) is 8.04. The van der Waals surface area contributed by atoms with E-state index >= 15 is 0 Å². The van der Waals surface area contributed by atoms with Crippen molar-refractivity contribution >= 4 is 16.0 Å². The predicted molar refractivity (Wildman–Crippen MR) is 92.9 cm³/mol. The fraction of sp³-hybridized carbons (Fsp3) is 0.824. The predicted octanol–water partition coefficient (Wildman–Crippen LogP) is 3.42. The second-order valence-electron chi connectivity index (χ2n) is 6.47. The van der Waals surface area contributed by atoms with Crippen molar-refractivity contribution in [3.63, 3.8) is 0 Å². The molecule has 5 nitrogen and oxygen atoms in total. The Hall–Kier alpha value is -0.880. The van der Waals surface area contributed by atoms with Crippen LogP contribution in [0.5, 0.6) is 0 Å². The van der Waals surface area contributed by atoms with Crippen molar-refractivity contribution < 1.29 is 17.8 Å². The van der Waals surface area contributed by atoms with Gasteiger partial charge in [-0.3, -0.25) is 9.35 Å². The average molecular weight is 346 g/mol. The first-order chi connectivity index (χ1) is 10.8. The van der Waals surface area contributed by atoms with Gasteiger partial charge in [-0.2, -0.15) is 8.42 Å². The zero-order valence-corrected chi connectivity index (χ0v) is 15.3. The Labute approximate surface area is 140 Å². The van der Waals surface area contributed by atoms with Crippen LogP contribution in [0.2, 0.25) is 0 Å². The highest BCUT2D eigenvalue weighted by atomic mass is 32.2. The number of rotatable bonds is 11. The van der Waals surface area contributed by atoms with Gasteiger partial charge in [-0.05, 0) is 25.7 Å². The minimum Gasteiger partial charge on any atom is -0.344 e. The molecular weight excluding hydrogens is 314 g/mol. The van der Waals surface area contributed by atoms with Crippen molar-refractivity contribution in [2.45, 2.75) is 64.7 Å². The van der Waals surface area contributed by atoms with Gasteiger partial charge in [0, 0.05) is 13.6 Å². The summed E-state index contributed by atoms with van der Waals surface area (Å²) in [6.45, 7) is 2.25. The fourth-order valence-electron chi connectivity index (χ4n) is 2.82. The molecule has 0 aromatic heterocycles. The Morgan fingerprint density at radius 1 is 1.26 bits per heavy atom. The minimum absolute atomic E-state index is 0.0332. The summed E-state index contributed by atoms with van der Waals surface area (Å²) in [5.74, 6) is -0.519. The van der Waals surface area contributed by atoms with Crippen LogP contribution in [0.3, 0.4) is 0 Å². The molecular formula is C17H31NO4S. The fourth-order valence-corrected chi connectivity index (χ4v) is 3.33. The van der Waals surface area contributed by atoms with Crippen LogP contribution in [0.25, 0.3) is 0 Å². The van der Waals surface area contributed by atoms with Gasteiger partial charge in [0.1, 0.15) is 0 Å². The number of nitrogens with zero attached hydrogens (tertiary/aromatic N) is 1. The van der Waals surface area contributed by atoms with Crippen molar-refractivity contribution in [1.29, 1.82) is 0 Å². The molecule has 0 aliphatic heterocycles. The van der Waals surface area contributed by atoms with Crippen molar-refractivity contribution in [3.8, 4) is 0 Å². The maximum Gasteiger partial charge on any atom is 0.266 e. The van der Waals surface area contributed by atoms with Gasteiger partial charge in [-0.1, -0.05) is 50.7 Å². The third-order valence-corrected chi connectivity index (χ3v) is 5.19. The van der Waals surface area contributed by atoms with E-state index in [2.05, 4.69) is 13.0 Å². The van der Waals surface area contributed by atoms with Crippen molar-refractivity contribution in [3.05, 3.63) is 11.6 Å². The van der Waals surface area contributed by atoms with E-state index in [0.29, 0.717) is 0 Å². The van der Waals surface area contributed by atoms with Crippen LogP contribution in [-0.4, -0.2) is 43.1 Å². The van der Waals surface area contributed by atoms with Gasteiger partial charge >= 0.3 is 0 Å². The van der Waals surface area contributed by atoms with Crippen molar-refractivity contribution in [2.24, 2.45) is 5.92 Å². The smallest absolute Gasteiger partial charge is 0.266 e. The number of hydrogen-bond acceptors (Lipinski definition) is 3. The summed E-state index contributed by atoms with van der Waals surface area (Å²) in [6.07, 6.45) is 12.6. The van der Waals surface area contributed by atoms with Gasteiger partial charge in [0.2, 0.25) is 5.91 Å². The van der Waals surface area contributed by atoms with Crippen LogP contribution in [0.1, 0.15) is 64.7 Å². The molecule has 1 N–H and O–H groups in total. The van der Waals surface area contributed by atoms with Gasteiger partial charge in [0.25, 0.3) is 10.1 Å². The summed E-state index contributed by atoms with van der Waals surface area (Å²) in [5, 5.41) is 0. The van der Waals surface area contributed by atoms with Crippen LogP contribution in [0, 0.1) is 5.92 Å². The van der Waals surface area contributed by atoms with Crippen LogP contribution >= 0.6 is 0 Å². The number of carbonyl (C=O) groups is 1. The highest BCUT2D eigenvalue weighted by Crippen LogP contribution is 2.35. The Morgan fingerprint density at radius 2 is 1.91 bits per heavy atom. The van der Waals surface area contributed by atoms with Gasteiger partial charge < -0.3 is 4.90 Å². The molecule has 0 saturated heterocycles. The number of unbranched alkanes of at least 4 members (excludes halogenated alkanes) is 6. The molecule has 1 saturated carbocycles. The zero-order chi connectivity index (χ0) is 17.3. The van der Waals surface area contributed by atoms with Crippen LogP contribution in [-0.2, 0) is 14.9 Å². The number of amides is 1. The monoisotopic (exact) mass is 345 g/mol. The molecule has 6 heteroatoms. The molecule has 0 aromatic rings. The van der Waals surface area contributed by atoms with Gasteiger partial charge in [0.15, 0.2) is 0 Å². The molecule has 1 fully saturated rings. The van der Waals surface area contributed by atoms with Gasteiger partial charge in [-0.15, -0.1) is 0 Å². The Balaban J connectivity index is 2.28. The quantitative estimate of drug-likeness (QED) is 0.354. The molecule has 134 valence electrons. The lowest BCUT2D eigenvalue weighted by Gasteiger charge is -2.32. The van der Waals surface area contributed by atoms with Crippen LogP contribution < -0.4 is 0 Å². The maximum absolute atomic E-state index is 12.3. The largest absolute Gasteiger partial charge is 0.344 e. The van der Waals surface area contributed by atoms with Gasteiger partial charge in [0.05, 0.1) is 11.7 Å². The first-order valence-electron chi connectivity index (χ1n) is 8.74. The summed E-state index contributed by atoms with van der Waals surface area (Å²) in [6, 6.07) is 0. The summed E-state index contributed by atoms with van der Waals surface area (Å²) in [7, 11) is -2.42. The van der Waals surface area contributed by atoms with Crippen molar-refractivity contribution in [2.75, 3.05) is 19.3 Å². The maximum atomic E-state index is 12.3. The summed E-state index contributed by atoms with van der Waals surface area (Å²) in [4.78, 5) is 13.7. The van der Waals surface area contributed by atoms with Crippen LogP contribution in [0.15, 0.2) is 11.6 Å². The third kappa shape index (κ3) is 7.97. The summed E-state index contributed by atoms with van der Waals surface area (Å²) in [5.41, 5.74) is 1.20. The molecule has 1 amide bonds. The van der Waals surface area contributed by atoms with Crippen LogP contribution in [0.4, 0.5) is 0 Å². The average Bonchev–Trinajstić information content (AvgIpc) is 2.45. The first-order valence-corrected chi connectivity index (χ1v) is 10.3. The van der Waals surface area contributed by atoms with Crippen molar-refractivity contribution in [1.82, 2.24) is 4.90 Å². The van der Waals surface area contributed by atoms with E-state index < -0.39 is 15.9 Å². The molecule has 0 bridgehead atoms. The van der Waals surface area contributed by atoms with E-state index in [1.165, 1.54) is 49.0 Å². The molecule has 1 aliphatic rings. The van der Waals surface area contributed by atoms with Gasteiger partial charge in [-0.25, -0.2) is 0 Å². The van der Waals surface area contributed by atoms with E-state index in [0.717, 1.165) is 19.3 Å². The van der Waals surface area contributed by atoms with E-state index in [1.54, 1.807) is 7.05 Å². The summed E-state index contributed by atoms with van der Waals surface area (Å²) >= 11 is 0. The van der Waals surface area contributed by atoms with E-state index in [-0.39, 0.29) is 18.4 Å². The highest BCUT2D eigenvalue weighted by molar-refractivity contribution is 7.85. The molecule has 1 rings (SSSR count). The lowest BCUT2D eigenvalue weighted by Crippen LogP contribution is -2.39. The molecule has 0 heterocycles. The molecule has 0 spiro atoms. The third-order valence-electron chi connectivity index (χ3n) is 4.49. The molecule has 0 radical (unpaired) electrons. The molecule has 0 aromatic carbocycles. The topological polar surface area (TPSA) is 74.7 Å². The number of hydrogen-bond donors (Lipinski definition) is 1.